The zero-order valence-electron chi connectivity index (χ0n) is 12.5. The molecule has 0 heterocycles. The molecule has 0 spiro atoms. The van der Waals surface area contributed by atoms with Crippen molar-refractivity contribution in [2.45, 2.75) is 44.8 Å². The molecule has 1 saturated carbocycles. The summed E-state index contributed by atoms with van der Waals surface area (Å²) in [5.41, 5.74) is 0. The number of esters is 1. The Kier molecular flexibility index (Phi) is 5.75. The number of ether oxygens (including phenoxy) is 2. The standard InChI is InChI=1S/C16H20FNO4/c1-11(16(20)18-12-6-2-3-7-12)22-15(19)10-21-14-9-5-4-8-13(14)17/h4-5,8-9,11-12H,2-3,6-7,10H2,1H3,(H,18,20)/t11-/m1/s1. The molecule has 2 rings (SSSR count). The monoisotopic (exact) mass is 309 g/mol. The Balaban J connectivity index is 1.73. The van der Waals surface area contributed by atoms with Crippen LogP contribution in [-0.2, 0) is 14.3 Å². The Morgan fingerprint density at radius 2 is 2.00 bits per heavy atom. The fourth-order valence-electron chi connectivity index (χ4n) is 2.37. The van der Waals surface area contributed by atoms with E-state index in [-0.39, 0.29) is 17.7 Å². The summed E-state index contributed by atoms with van der Waals surface area (Å²) in [5.74, 6) is -1.60. The van der Waals surface area contributed by atoms with Gasteiger partial charge in [0, 0.05) is 6.04 Å². The van der Waals surface area contributed by atoms with Gasteiger partial charge in [-0.3, -0.25) is 4.79 Å². The van der Waals surface area contributed by atoms with Crippen LogP contribution in [0.3, 0.4) is 0 Å². The molecular formula is C16H20FNO4. The van der Waals surface area contributed by atoms with Gasteiger partial charge in [-0.15, -0.1) is 0 Å². The zero-order chi connectivity index (χ0) is 15.9. The van der Waals surface area contributed by atoms with Gasteiger partial charge in [-0.05, 0) is 31.9 Å². The van der Waals surface area contributed by atoms with Crippen molar-refractivity contribution >= 4 is 11.9 Å². The van der Waals surface area contributed by atoms with Crippen molar-refractivity contribution in [2.75, 3.05) is 6.61 Å². The molecular weight excluding hydrogens is 289 g/mol. The molecule has 0 aliphatic heterocycles. The van der Waals surface area contributed by atoms with E-state index in [4.69, 9.17) is 9.47 Å². The van der Waals surface area contributed by atoms with Gasteiger partial charge in [0.25, 0.3) is 5.91 Å². The van der Waals surface area contributed by atoms with Crippen LogP contribution >= 0.6 is 0 Å². The second-order valence-electron chi connectivity index (χ2n) is 5.34. The molecule has 6 heteroatoms. The lowest BCUT2D eigenvalue weighted by atomic mass is 10.2. The van der Waals surface area contributed by atoms with E-state index in [0.29, 0.717) is 0 Å². The first-order valence-corrected chi connectivity index (χ1v) is 7.43. The maximum Gasteiger partial charge on any atom is 0.344 e. The number of halogens is 1. The summed E-state index contributed by atoms with van der Waals surface area (Å²) in [6.07, 6.45) is 3.24. The lowest BCUT2D eigenvalue weighted by Gasteiger charge is -2.17. The van der Waals surface area contributed by atoms with Gasteiger partial charge in [0.1, 0.15) is 0 Å². The fraction of sp³-hybridized carbons (Fsp3) is 0.500. The molecule has 0 unspecified atom stereocenters. The van der Waals surface area contributed by atoms with Crippen LogP contribution in [0.4, 0.5) is 4.39 Å². The number of nitrogens with one attached hydrogen (secondary N) is 1. The van der Waals surface area contributed by atoms with Crippen molar-refractivity contribution in [3.05, 3.63) is 30.1 Å². The fourth-order valence-corrected chi connectivity index (χ4v) is 2.37. The lowest BCUT2D eigenvalue weighted by Crippen LogP contribution is -2.41. The van der Waals surface area contributed by atoms with E-state index in [9.17, 15) is 14.0 Å². The number of carbonyl (C=O) groups excluding carboxylic acids is 2. The van der Waals surface area contributed by atoms with Crippen LogP contribution in [0.5, 0.6) is 5.75 Å². The zero-order valence-corrected chi connectivity index (χ0v) is 12.5. The van der Waals surface area contributed by atoms with Crippen molar-refractivity contribution in [3.8, 4) is 5.75 Å². The maximum atomic E-state index is 13.3. The number of carbonyl (C=O) groups is 2. The van der Waals surface area contributed by atoms with Crippen molar-refractivity contribution in [1.29, 1.82) is 0 Å². The minimum Gasteiger partial charge on any atom is -0.479 e. The molecule has 1 fully saturated rings. The van der Waals surface area contributed by atoms with E-state index >= 15 is 0 Å². The Morgan fingerprint density at radius 3 is 2.68 bits per heavy atom. The Labute approximate surface area is 128 Å². The van der Waals surface area contributed by atoms with Crippen LogP contribution in [-0.4, -0.2) is 30.6 Å². The summed E-state index contributed by atoms with van der Waals surface area (Å²) in [4.78, 5) is 23.5. The molecule has 0 radical (unpaired) electrons. The first kappa shape index (κ1) is 16.3. The molecule has 1 amide bonds. The predicted molar refractivity (Wildman–Crippen MR) is 77.8 cm³/mol. The highest BCUT2D eigenvalue weighted by atomic mass is 19.1. The number of hydrogen-bond donors (Lipinski definition) is 1. The maximum absolute atomic E-state index is 13.3. The van der Waals surface area contributed by atoms with Crippen molar-refractivity contribution < 1.29 is 23.5 Å². The number of para-hydroxylation sites is 1. The second kappa shape index (κ2) is 7.77. The van der Waals surface area contributed by atoms with E-state index in [1.807, 2.05) is 0 Å². The predicted octanol–water partition coefficient (Wildman–Crippen LogP) is 2.20. The van der Waals surface area contributed by atoms with E-state index in [1.54, 1.807) is 6.07 Å². The minimum atomic E-state index is -0.891. The molecule has 120 valence electrons. The SMILES string of the molecule is C[C@@H](OC(=O)COc1ccccc1F)C(=O)NC1CCCC1. The van der Waals surface area contributed by atoms with Gasteiger partial charge in [-0.25, -0.2) is 9.18 Å². The van der Waals surface area contributed by atoms with Gasteiger partial charge in [-0.2, -0.15) is 0 Å². The molecule has 22 heavy (non-hydrogen) atoms. The second-order valence-corrected chi connectivity index (χ2v) is 5.34. The Morgan fingerprint density at radius 1 is 1.32 bits per heavy atom. The molecule has 1 atom stereocenters. The van der Waals surface area contributed by atoms with Crippen molar-refractivity contribution in [3.63, 3.8) is 0 Å². The third kappa shape index (κ3) is 4.72. The normalized spacial score (nSPS) is 16.1. The number of benzene rings is 1. The largest absolute Gasteiger partial charge is 0.479 e. The molecule has 0 aromatic heterocycles. The first-order valence-electron chi connectivity index (χ1n) is 7.43. The van der Waals surface area contributed by atoms with Gasteiger partial charge in [0.15, 0.2) is 24.3 Å². The summed E-state index contributed by atoms with van der Waals surface area (Å²) in [5, 5.41) is 2.85. The number of hydrogen-bond acceptors (Lipinski definition) is 4. The molecule has 1 aliphatic rings. The summed E-state index contributed by atoms with van der Waals surface area (Å²) >= 11 is 0. The van der Waals surface area contributed by atoms with Crippen LogP contribution in [0, 0.1) is 5.82 Å². The summed E-state index contributed by atoms with van der Waals surface area (Å²) < 4.78 is 23.3. The quantitative estimate of drug-likeness (QED) is 0.818. The average molecular weight is 309 g/mol. The Hall–Kier alpha value is -2.11. The lowest BCUT2D eigenvalue weighted by molar-refractivity contribution is -0.156. The van der Waals surface area contributed by atoms with Gasteiger partial charge in [-0.1, -0.05) is 25.0 Å². The van der Waals surface area contributed by atoms with Crippen molar-refractivity contribution in [2.24, 2.45) is 0 Å². The third-order valence-electron chi connectivity index (χ3n) is 3.56. The highest BCUT2D eigenvalue weighted by Crippen LogP contribution is 2.18. The van der Waals surface area contributed by atoms with Crippen molar-refractivity contribution in [1.82, 2.24) is 5.32 Å². The van der Waals surface area contributed by atoms with Crippen LogP contribution in [0.2, 0.25) is 0 Å². The molecule has 1 aromatic carbocycles. The Bertz CT molecular complexity index is 529. The van der Waals surface area contributed by atoms with Gasteiger partial charge >= 0.3 is 5.97 Å². The van der Waals surface area contributed by atoms with Crippen LogP contribution in [0.15, 0.2) is 24.3 Å². The topological polar surface area (TPSA) is 64.6 Å². The highest BCUT2D eigenvalue weighted by molar-refractivity contribution is 5.83. The van der Waals surface area contributed by atoms with Gasteiger partial charge in [0.2, 0.25) is 0 Å². The number of rotatable bonds is 6. The molecule has 1 aromatic rings. The highest BCUT2D eigenvalue weighted by Gasteiger charge is 2.23. The smallest absolute Gasteiger partial charge is 0.344 e. The molecule has 0 saturated heterocycles. The third-order valence-corrected chi connectivity index (χ3v) is 3.56. The molecule has 5 nitrogen and oxygen atoms in total. The van der Waals surface area contributed by atoms with Crippen LogP contribution < -0.4 is 10.1 Å². The van der Waals surface area contributed by atoms with Gasteiger partial charge < -0.3 is 14.8 Å². The minimum absolute atomic E-state index is 0.0255. The van der Waals surface area contributed by atoms with E-state index in [0.717, 1.165) is 25.7 Å². The summed E-state index contributed by atoms with van der Waals surface area (Å²) in [6, 6.07) is 5.94. The van der Waals surface area contributed by atoms with E-state index < -0.39 is 24.5 Å². The van der Waals surface area contributed by atoms with E-state index in [1.165, 1.54) is 25.1 Å². The molecule has 1 N–H and O–H groups in total. The molecule has 0 bridgehead atoms. The molecule has 1 aliphatic carbocycles. The number of amides is 1. The first-order chi connectivity index (χ1) is 10.6. The average Bonchev–Trinajstić information content (AvgIpc) is 2.99. The van der Waals surface area contributed by atoms with E-state index in [2.05, 4.69) is 5.32 Å². The van der Waals surface area contributed by atoms with Gasteiger partial charge in [0.05, 0.1) is 0 Å². The van der Waals surface area contributed by atoms with Crippen LogP contribution in [0.1, 0.15) is 32.6 Å². The van der Waals surface area contributed by atoms with Crippen LogP contribution in [0.25, 0.3) is 0 Å². The summed E-state index contributed by atoms with van der Waals surface area (Å²) in [6.45, 7) is 1.06. The summed E-state index contributed by atoms with van der Waals surface area (Å²) in [7, 11) is 0.